The third-order valence-electron chi connectivity index (χ3n) is 3.94. The fourth-order valence-electron chi connectivity index (χ4n) is 2.45. The summed E-state index contributed by atoms with van der Waals surface area (Å²) in [7, 11) is 1.59. The van der Waals surface area contributed by atoms with E-state index in [0.29, 0.717) is 38.0 Å². The fourth-order valence-corrected chi connectivity index (χ4v) is 3.25. The number of ether oxygens (including phenoxy) is 2. The first-order valence-corrected chi connectivity index (χ1v) is 9.68. The Morgan fingerprint density at radius 3 is 2.35 bits per heavy atom. The van der Waals surface area contributed by atoms with Crippen LogP contribution in [0.5, 0.6) is 11.5 Å². The van der Waals surface area contributed by atoms with E-state index in [-0.39, 0.29) is 6.61 Å². The summed E-state index contributed by atoms with van der Waals surface area (Å²) in [6.45, 7) is 6.30. The zero-order valence-electron chi connectivity index (χ0n) is 15.2. The first-order valence-electron chi connectivity index (χ1n) is 8.55. The summed E-state index contributed by atoms with van der Waals surface area (Å²) in [5.74, 6) is 1.74. The minimum absolute atomic E-state index is 0.209. The summed E-state index contributed by atoms with van der Waals surface area (Å²) in [5.41, 5.74) is 1.76. The highest BCUT2D eigenvalue weighted by Gasteiger charge is 2.14. The molecule has 0 fully saturated rings. The van der Waals surface area contributed by atoms with E-state index in [1.54, 1.807) is 25.3 Å². The molecule has 142 valence electrons. The van der Waals surface area contributed by atoms with Gasteiger partial charge in [0, 0.05) is 22.2 Å². The molecule has 0 unspecified atom stereocenters. The molecule has 0 saturated carbocycles. The van der Waals surface area contributed by atoms with E-state index in [1.165, 1.54) is 0 Å². The van der Waals surface area contributed by atoms with Crippen LogP contribution >= 0.6 is 34.8 Å². The summed E-state index contributed by atoms with van der Waals surface area (Å²) in [6, 6.07) is 9.16. The number of methoxy groups -OCH3 is 1. The van der Waals surface area contributed by atoms with E-state index >= 15 is 0 Å². The van der Waals surface area contributed by atoms with Crippen LogP contribution in [0.2, 0.25) is 15.1 Å². The minimum atomic E-state index is 0.209. The second-order valence-electron chi connectivity index (χ2n) is 6.46. The zero-order valence-corrected chi connectivity index (χ0v) is 17.5. The Kier molecular flexibility index (Phi) is 8.36. The smallest absolute Gasteiger partial charge is 0.180 e. The lowest BCUT2D eigenvalue weighted by atomic mass is 10.1. The lowest BCUT2D eigenvalue weighted by molar-refractivity contribution is 0.284. The van der Waals surface area contributed by atoms with Gasteiger partial charge in [-0.1, -0.05) is 54.7 Å². The quantitative estimate of drug-likeness (QED) is 0.482. The van der Waals surface area contributed by atoms with Crippen molar-refractivity contribution in [2.24, 2.45) is 5.92 Å². The first-order chi connectivity index (χ1) is 12.4. The molecule has 0 aliphatic carbocycles. The molecule has 0 atom stereocenters. The van der Waals surface area contributed by atoms with Crippen molar-refractivity contribution >= 4 is 34.8 Å². The molecule has 2 rings (SSSR count). The average Bonchev–Trinajstić information content (AvgIpc) is 2.59. The van der Waals surface area contributed by atoms with Crippen molar-refractivity contribution in [3.05, 3.63) is 56.5 Å². The molecule has 0 heterocycles. The standard InChI is InChI=1S/C20H24Cl3NO2/c1-13(2)7-8-24-11-14-9-18(23)20(19(10-14)25-3)26-12-15-16(21)5-4-6-17(15)22/h4-6,9-10,13,24H,7-8,11-12H2,1-3H3. The average molecular weight is 417 g/mol. The molecule has 0 radical (unpaired) electrons. The maximum absolute atomic E-state index is 6.42. The van der Waals surface area contributed by atoms with Gasteiger partial charge < -0.3 is 14.8 Å². The van der Waals surface area contributed by atoms with Crippen LogP contribution in [0, 0.1) is 5.92 Å². The predicted octanol–water partition coefficient (Wildman–Crippen LogP) is 6.37. The summed E-state index contributed by atoms with van der Waals surface area (Å²) < 4.78 is 11.3. The van der Waals surface area contributed by atoms with Gasteiger partial charge in [0.2, 0.25) is 0 Å². The van der Waals surface area contributed by atoms with Crippen LogP contribution in [0.25, 0.3) is 0 Å². The molecular weight excluding hydrogens is 393 g/mol. The second-order valence-corrected chi connectivity index (χ2v) is 7.68. The molecule has 0 spiro atoms. The number of benzene rings is 2. The van der Waals surface area contributed by atoms with Crippen molar-refractivity contribution in [1.29, 1.82) is 0 Å². The molecule has 0 aliphatic rings. The van der Waals surface area contributed by atoms with Crippen LogP contribution in [-0.4, -0.2) is 13.7 Å². The Morgan fingerprint density at radius 1 is 1.04 bits per heavy atom. The van der Waals surface area contributed by atoms with Crippen LogP contribution in [-0.2, 0) is 13.2 Å². The van der Waals surface area contributed by atoms with Gasteiger partial charge in [-0.15, -0.1) is 0 Å². The molecule has 0 saturated heterocycles. The molecule has 0 aliphatic heterocycles. The van der Waals surface area contributed by atoms with E-state index in [0.717, 1.165) is 25.1 Å². The molecule has 0 bridgehead atoms. The molecular formula is C20H24Cl3NO2. The molecule has 26 heavy (non-hydrogen) atoms. The SMILES string of the molecule is COc1cc(CNCCC(C)C)cc(Cl)c1OCc1c(Cl)cccc1Cl. The Bertz CT molecular complexity index is 715. The first kappa shape index (κ1) is 21.2. The van der Waals surface area contributed by atoms with Gasteiger partial charge >= 0.3 is 0 Å². The van der Waals surface area contributed by atoms with E-state index in [4.69, 9.17) is 44.3 Å². The van der Waals surface area contributed by atoms with Gasteiger partial charge in [0.15, 0.2) is 11.5 Å². The number of halogens is 3. The van der Waals surface area contributed by atoms with Crippen LogP contribution in [0.3, 0.4) is 0 Å². The van der Waals surface area contributed by atoms with Crippen molar-refractivity contribution in [3.8, 4) is 11.5 Å². The molecule has 2 aromatic rings. The van der Waals surface area contributed by atoms with Gasteiger partial charge in [0.25, 0.3) is 0 Å². The number of hydrogen-bond donors (Lipinski definition) is 1. The third kappa shape index (κ3) is 5.95. The Morgan fingerprint density at radius 2 is 1.73 bits per heavy atom. The number of rotatable bonds is 9. The van der Waals surface area contributed by atoms with Gasteiger partial charge in [-0.05, 0) is 48.7 Å². The lowest BCUT2D eigenvalue weighted by Gasteiger charge is -2.16. The highest BCUT2D eigenvalue weighted by molar-refractivity contribution is 6.36. The van der Waals surface area contributed by atoms with Crippen LogP contribution in [0.1, 0.15) is 31.4 Å². The van der Waals surface area contributed by atoms with E-state index in [2.05, 4.69) is 19.2 Å². The van der Waals surface area contributed by atoms with Gasteiger partial charge in [-0.3, -0.25) is 0 Å². The summed E-state index contributed by atoms with van der Waals surface area (Å²) in [5, 5.41) is 5.02. The molecule has 0 aromatic heterocycles. The van der Waals surface area contributed by atoms with Crippen LogP contribution < -0.4 is 14.8 Å². The van der Waals surface area contributed by atoms with Gasteiger partial charge in [-0.2, -0.15) is 0 Å². The van der Waals surface area contributed by atoms with Crippen molar-refractivity contribution in [2.45, 2.75) is 33.4 Å². The Labute approximate surface area is 170 Å². The monoisotopic (exact) mass is 415 g/mol. The summed E-state index contributed by atoms with van der Waals surface area (Å²) >= 11 is 18.8. The summed E-state index contributed by atoms with van der Waals surface area (Å²) in [6.07, 6.45) is 1.13. The number of hydrogen-bond acceptors (Lipinski definition) is 3. The normalized spacial score (nSPS) is 11.0. The third-order valence-corrected chi connectivity index (χ3v) is 4.93. The molecule has 1 N–H and O–H groups in total. The highest BCUT2D eigenvalue weighted by Crippen LogP contribution is 2.38. The molecule has 0 amide bonds. The Balaban J connectivity index is 2.09. The zero-order chi connectivity index (χ0) is 19.1. The Hall–Kier alpha value is -1.13. The molecule has 2 aromatic carbocycles. The maximum Gasteiger partial charge on any atom is 0.180 e. The minimum Gasteiger partial charge on any atom is -0.493 e. The van der Waals surface area contributed by atoms with Gasteiger partial charge in [0.05, 0.1) is 12.1 Å². The lowest BCUT2D eigenvalue weighted by Crippen LogP contribution is -2.16. The van der Waals surface area contributed by atoms with E-state index in [1.807, 2.05) is 12.1 Å². The highest BCUT2D eigenvalue weighted by atomic mass is 35.5. The second kappa shape index (κ2) is 10.3. The largest absolute Gasteiger partial charge is 0.493 e. The van der Waals surface area contributed by atoms with Crippen LogP contribution in [0.15, 0.2) is 30.3 Å². The van der Waals surface area contributed by atoms with Crippen LogP contribution in [0.4, 0.5) is 0 Å². The molecule has 6 heteroatoms. The number of nitrogens with one attached hydrogen (secondary N) is 1. The fraction of sp³-hybridized carbons (Fsp3) is 0.400. The van der Waals surface area contributed by atoms with Crippen molar-refractivity contribution < 1.29 is 9.47 Å². The van der Waals surface area contributed by atoms with Gasteiger partial charge in [0.1, 0.15) is 6.61 Å². The summed E-state index contributed by atoms with van der Waals surface area (Å²) in [4.78, 5) is 0. The van der Waals surface area contributed by atoms with E-state index < -0.39 is 0 Å². The van der Waals surface area contributed by atoms with E-state index in [9.17, 15) is 0 Å². The molecule has 3 nitrogen and oxygen atoms in total. The maximum atomic E-state index is 6.42. The predicted molar refractivity (Wildman–Crippen MR) is 110 cm³/mol. The van der Waals surface area contributed by atoms with Crippen molar-refractivity contribution in [1.82, 2.24) is 5.32 Å². The van der Waals surface area contributed by atoms with Gasteiger partial charge in [-0.25, -0.2) is 0 Å². The van der Waals surface area contributed by atoms with Crippen molar-refractivity contribution in [3.63, 3.8) is 0 Å². The van der Waals surface area contributed by atoms with Crippen molar-refractivity contribution in [2.75, 3.05) is 13.7 Å². The topological polar surface area (TPSA) is 30.5 Å².